The highest BCUT2D eigenvalue weighted by molar-refractivity contribution is 6.00. The highest BCUT2D eigenvalue weighted by Crippen LogP contribution is 2.34. The van der Waals surface area contributed by atoms with E-state index in [-0.39, 0.29) is 31.0 Å². The van der Waals surface area contributed by atoms with Crippen molar-refractivity contribution < 1.29 is 36.9 Å². The van der Waals surface area contributed by atoms with Crippen LogP contribution in [0, 0.1) is 5.82 Å². The molecule has 3 aromatic rings. The Morgan fingerprint density at radius 3 is 2.46 bits per heavy atom. The minimum Gasteiger partial charge on any atom is -0.494 e. The van der Waals surface area contributed by atoms with Crippen molar-refractivity contribution in [1.82, 2.24) is 5.32 Å². The second-order valence-electron chi connectivity index (χ2n) is 9.24. The van der Waals surface area contributed by atoms with Gasteiger partial charge < -0.3 is 19.9 Å². The topological polar surface area (TPSA) is 80.2 Å². The minimum absolute atomic E-state index is 0.0227. The van der Waals surface area contributed by atoms with Gasteiger partial charge in [-0.2, -0.15) is 13.2 Å². The fraction of sp³-hybridized carbons (Fsp3) is 0.310. The molecule has 0 saturated heterocycles. The summed E-state index contributed by atoms with van der Waals surface area (Å²) >= 11 is 0. The van der Waals surface area contributed by atoms with Gasteiger partial charge in [0.05, 0.1) is 12.2 Å². The number of carbonyl (C=O) groups excluding carboxylic acids is 1. The van der Waals surface area contributed by atoms with E-state index in [0.717, 1.165) is 17.7 Å². The molecule has 0 radical (unpaired) electrons. The summed E-state index contributed by atoms with van der Waals surface area (Å²) in [6.07, 6.45) is -4.77. The third-order valence-corrected chi connectivity index (χ3v) is 6.38. The van der Waals surface area contributed by atoms with Crippen LogP contribution in [0.1, 0.15) is 35.6 Å². The van der Waals surface area contributed by atoms with Crippen molar-refractivity contribution in [2.45, 2.75) is 44.1 Å². The van der Waals surface area contributed by atoms with Gasteiger partial charge in [-0.25, -0.2) is 9.38 Å². The molecule has 2 atom stereocenters. The number of carbonyl (C=O) groups is 1. The van der Waals surface area contributed by atoms with Crippen molar-refractivity contribution in [2.75, 3.05) is 13.2 Å². The van der Waals surface area contributed by atoms with Crippen LogP contribution in [-0.2, 0) is 28.7 Å². The Morgan fingerprint density at radius 1 is 1.08 bits per heavy atom. The Balaban J connectivity index is 1.60. The summed E-state index contributed by atoms with van der Waals surface area (Å²) in [5, 5.41) is 11.6. The van der Waals surface area contributed by atoms with E-state index in [9.17, 15) is 22.4 Å². The predicted molar refractivity (Wildman–Crippen MR) is 137 cm³/mol. The fourth-order valence-corrected chi connectivity index (χ4v) is 4.30. The van der Waals surface area contributed by atoms with Gasteiger partial charge in [0, 0.05) is 31.6 Å². The Labute approximate surface area is 223 Å². The van der Waals surface area contributed by atoms with Crippen molar-refractivity contribution in [3.63, 3.8) is 0 Å². The molecule has 1 amide bonds. The Hall–Kier alpha value is -3.92. The van der Waals surface area contributed by atoms with Gasteiger partial charge in [-0.3, -0.25) is 4.79 Å². The number of rotatable bonds is 10. The van der Waals surface area contributed by atoms with Gasteiger partial charge in [-0.15, -0.1) is 0 Å². The molecule has 0 saturated carbocycles. The number of aliphatic hydroxyl groups excluding tert-OH is 1. The van der Waals surface area contributed by atoms with E-state index >= 15 is 0 Å². The number of ether oxygens (including phenoxy) is 2. The maximum atomic E-state index is 13.9. The number of amides is 1. The van der Waals surface area contributed by atoms with Crippen molar-refractivity contribution in [3.8, 4) is 5.75 Å². The summed E-state index contributed by atoms with van der Waals surface area (Å²) in [6.45, 7) is 1.76. The number of nitrogens with zero attached hydrogens (tertiary/aromatic N) is 1. The van der Waals surface area contributed by atoms with E-state index < -0.39 is 35.1 Å². The van der Waals surface area contributed by atoms with Crippen LogP contribution in [0.25, 0.3) is 0 Å². The molecule has 0 aliphatic carbocycles. The van der Waals surface area contributed by atoms with E-state index in [0.29, 0.717) is 30.4 Å². The molecule has 6 nitrogen and oxygen atoms in total. The van der Waals surface area contributed by atoms with Crippen LogP contribution in [0.4, 0.5) is 17.6 Å². The lowest BCUT2D eigenvalue weighted by Gasteiger charge is -2.28. The fourth-order valence-electron chi connectivity index (χ4n) is 4.30. The average molecular weight is 545 g/mol. The van der Waals surface area contributed by atoms with Crippen LogP contribution in [0.15, 0.2) is 77.8 Å². The molecule has 0 aromatic heterocycles. The van der Waals surface area contributed by atoms with Crippen molar-refractivity contribution >= 4 is 11.8 Å². The molecule has 0 unspecified atom stereocenters. The third-order valence-electron chi connectivity index (χ3n) is 6.38. The maximum Gasteiger partial charge on any atom is 0.416 e. The molecule has 0 spiro atoms. The van der Waals surface area contributed by atoms with Gasteiger partial charge in [-0.05, 0) is 60.5 Å². The lowest BCUT2D eigenvalue weighted by Crippen LogP contribution is -2.52. The minimum atomic E-state index is -4.72. The molecule has 1 aliphatic heterocycles. The molecule has 206 valence electrons. The van der Waals surface area contributed by atoms with Crippen molar-refractivity contribution in [3.05, 3.63) is 101 Å². The second kappa shape index (κ2) is 11.9. The van der Waals surface area contributed by atoms with E-state index in [1.54, 1.807) is 31.2 Å². The van der Waals surface area contributed by atoms with E-state index in [1.807, 2.05) is 30.3 Å². The van der Waals surface area contributed by atoms with Crippen LogP contribution >= 0.6 is 0 Å². The Kier molecular flexibility index (Phi) is 8.54. The van der Waals surface area contributed by atoms with E-state index in [4.69, 9.17) is 19.6 Å². The summed E-state index contributed by atoms with van der Waals surface area (Å²) in [6, 6.07) is 18.3. The standard InChI is InChI=1S/C29H28F4N2O4/c1-19-28(17-20-6-3-2-4-7-20,27(37)34-18-21-14-23(29(31,32)33)16-24(30)15-21)35-26(39-19)22-8-10-25(11-9-22)38-13-5-12-36/h2-4,6-11,14-16,19,36H,5,12-13,17-18H2,1H3,(H,34,37)/t19-,28-/m1/s1. The number of aliphatic imine (C=N–C) groups is 1. The SMILES string of the molecule is C[C@H]1OC(c2ccc(OCCCO)cc2)=N[C@@]1(Cc1ccccc1)C(=O)NCc1cc(F)cc(C(F)(F)F)c1. The number of benzene rings is 3. The molecule has 2 N–H and O–H groups in total. The van der Waals surface area contributed by atoms with Gasteiger partial charge in [0.25, 0.3) is 5.91 Å². The smallest absolute Gasteiger partial charge is 0.416 e. The molecule has 0 bridgehead atoms. The highest BCUT2D eigenvalue weighted by atomic mass is 19.4. The summed E-state index contributed by atoms with van der Waals surface area (Å²) in [5.74, 6) is -0.772. The van der Waals surface area contributed by atoms with Gasteiger partial charge in [0.15, 0.2) is 5.54 Å². The summed E-state index contributed by atoms with van der Waals surface area (Å²) in [4.78, 5) is 18.4. The lowest BCUT2D eigenvalue weighted by molar-refractivity contribution is -0.137. The number of halogens is 4. The van der Waals surface area contributed by atoms with Crippen LogP contribution in [-0.4, -0.2) is 41.8 Å². The summed E-state index contributed by atoms with van der Waals surface area (Å²) < 4.78 is 64.9. The quantitative estimate of drug-likeness (QED) is 0.276. The zero-order chi connectivity index (χ0) is 28.0. The lowest BCUT2D eigenvalue weighted by atomic mass is 9.86. The van der Waals surface area contributed by atoms with Gasteiger partial charge in [0.1, 0.15) is 17.7 Å². The zero-order valence-corrected chi connectivity index (χ0v) is 21.2. The number of aliphatic hydroxyl groups is 1. The number of hydrogen-bond donors (Lipinski definition) is 2. The first-order valence-electron chi connectivity index (χ1n) is 12.4. The van der Waals surface area contributed by atoms with Crippen LogP contribution < -0.4 is 10.1 Å². The second-order valence-corrected chi connectivity index (χ2v) is 9.24. The first kappa shape index (κ1) is 28.1. The highest BCUT2D eigenvalue weighted by Gasteiger charge is 2.50. The van der Waals surface area contributed by atoms with Gasteiger partial charge in [0.2, 0.25) is 5.90 Å². The maximum absolute atomic E-state index is 13.9. The summed E-state index contributed by atoms with van der Waals surface area (Å²) in [5.41, 5.74) is -1.16. The van der Waals surface area contributed by atoms with E-state index in [1.165, 1.54) is 0 Å². The van der Waals surface area contributed by atoms with Gasteiger partial charge >= 0.3 is 6.18 Å². The molecular formula is C29H28F4N2O4. The van der Waals surface area contributed by atoms with Crippen molar-refractivity contribution in [2.24, 2.45) is 4.99 Å². The monoisotopic (exact) mass is 544 g/mol. The Bertz CT molecular complexity index is 1310. The first-order chi connectivity index (χ1) is 18.6. The number of alkyl halides is 3. The van der Waals surface area contributed by atoms with Crippen molar-refractivity contribution in [1.29, 1.82) is 0 Å². The van der Waals surface area contributed by atoms with Crippen LogP contribution in [0.3, 0.4) is 0 Å². The molecule has 4 rings (SSSR count). The van der Waals surface area contributed by atoms with Gasteiger partial charge in [-0.1, -0.05) is 30.3 Å². The van der Waals surface area contributed by atoms with Crippen LogP contribution in [0.2, 0.25) is 0 Å². The number of nitrogens with one attached hydrogen (secondary N) is 1. The molecule has 10 heteroatoms. The first-order valence-corrected chi connectivity index (χ1v) is 12.4. The average Bonchev–Trinajstić information content (AvgIpc) is 3.24. The molecular weight excluding hydrogens is 516 g/mol. The molecule has 3 aromatic carbocycles. The predicted octanol–water partition coefficient (Wildman–Crippen LogP) is 5.07. The van der Waals surface area contributed by atoms with Crippen LogP contribution in [0.5, 0.6) is 5.75 Å². The largest absolute Gasteiger partial charge is 0.494 e. The third kappa shape index (κ3) is 6.75. The number of hydrogen-bond acceptors (Lipinski definition) is 5. The Morgan fingerprint density at radius 2 is 1.79 bits per heavy atom. The van der Waals surface area contributed by atoms with E-state index in [2.05, 4.69) is 5.32 Å². The molecule has 0 fully saturated rings. The molecule has 1 aliphatic rings. The molecule has 39 heavy (non-hydrogen) atoms. The molecule has 1 heterocycles. The zero-order valence-electron chi connectivity index (χ0n) is 21.2. The normalized spacial score (nSPS) is 18.8. The summed E-state index contributed by atoms with van der Waals surface area (Å²) in [7, 11) is 0.